The fourth-order valence-corrected chi connectivity index (χ4v) is 5.69. The van der Waals surface area contributed by atoms with Gasteiger partial charge in [0.05, 0.1) is 10.4 Å². The Hall–Kier alpha value is -1.67. The first-order valence-electron chi connectivity index (χ1n) is 9.08. The van der Waals surface area contributed by atoms with Crippen LogP contribution in [0.2, 0.25) is 0 Å². The van der Waals surface area contributed by atoms with Crippen LogP contribution in [0.15, 0.2) is 41.3 Å². The van der Waals surface area contributed by atoms with Crippen molar-refractivity contribution >= 4 is 26.5 Å². The average molecular weight is 392 g/mol. The summed E-state index contributed by atoms with van der Waals surface area (Å²) in [6.07, 6.45) is 0.517. The molecular weight excluding hydrogens is 362 g/mol. The number of fused-ring (bicyclic) bond motifs is 1. The molecule has 2 aromatic rings. The van der Waals surface area contributed by atoms with Gasteiger partial charge in [0.15, 0.2) is 0 Å². The Morgan fingerprint density at radius 3 is 2.22 bits per heavy atom. The Morgan fingerprint density at radius 2 is 1.67 bits per heavy atom. The molecule has 6 nitrogen and oxygen atoms in total. The molecule has 0 saturated carbocycles. The van der Waals surface area contributed by atoms with Crippen LogP contribution in [0.4, 0.5) is 5.69 Å². The minimum absolute atomic E-state index is 0.258. The molecule has 1 aliphatic heterocycles. The maximum absolute atomic E-state index is 13.3. The highest BCUT2D eigenvalue weighted by Crippen LogP contribution is 2.40. The zero-order valence-corrected chi connectivity index (χ0v) is 17.6. The van der Waals surface area contributed by atoms with Crippen LogP contribution >= 0.6 is 0 Å². The monoisotopic (exact) mass is 391 g/mol. The third kappa shape index (κ3) is 3.33. The standard InChI is InChI=1S/C20H29N3O3S/c1-19(2)13-18(20(3,4)23(19)24)21-27(25,26)17-12-8-9-14-15(17)10-7-11-16(14)22(5)6/h7-12,18,21,24H,13H2,1-6H3/t18-/m0/s1. The first-order valence-corrected chi connectivity index (χ1v) is 10.6. The minimum atomic E-state index is -3.76. The molecule has 27 heavy (non-hydrogen) atoms. The summed E-state index contributed by atoms with van der Waals surface area (Å²) < 4.78 is 29.4. The number of rotatable bonds is 4. The van der Waals surface area contributed by atoms with Gasteiger partial charge in [-0.2, -0.15) is 5.06 Å². The zero-order valence-electron chi connectivity index (χ0n) is 16.8. The zero-order chi connectivity index (χ0) is 20.2. The van der Waals surface area contributed by atoms with Gasteiger partial charge in [-0.1, -0.05) is 24.3 Å². The maximum atomic E-state index is 13.3. The largest absolute Gasteiger partial charge is 0.377 e. The molecule has 0 spiro atoms. The molecule has 0 aliphatic carbocycles. The fourth-order valence-electron chi connectivity index (χ4n) is 4.09. The van der Waals surface area contributed by atoms with E-state index < -0.39 is 27.1 Å². The fraction of sp³-hybridized carbons (Fsp3) is 0.500. The van der Waals surface area contributed by atoms with E-state index in [2.05, 4.69) is 4.72 Å². The van der Waals surface area contributed by atoms with Gasteiger partial charge in [-0.25, -0.2) is 13.1 Å². The van der Waals surface area contributed by atoms with E-state index in [1.807, 2.05) is 71.0 Å². The van der Waals surface area contributed by atoms with E-state index in [0.29, 0.717) is 11.8 Å². The lowest BCUT2D eigenvalue weighted by Gasteiger charge is -2.35. The highest BCUT2D eigenvalue weighted by molar-refractivity contribution is 7.89. The molecule has 1 fully saturated rings. The van der Waals surface area contributed by atoms with Gasteiger partial charge in [-0.15, -0.1) is 0 Å². The Bertz CT molecular complexity index is 968. The molecule has 2 aromatic carbocycles. The van der Waals surface area contributed by atoms with Crippen molar-refractivity contribution in [2.75, 3.05) is 19.0 Å². The van der Waals surface area contributed by atoms with Gasteiger partial charge < -0.3 is 10.1 Å². The van der Waals surface area contributed by atoms with Crippen LogP contribution in [0, 0.1) is 0 Å². The van der Waals surface area contributed by atoms with Crippen LogP contribution in [0.5, 0.6) is 0 Å². The van der Waals surface area contributed by atoms with Gasteiger partial charge in [0, 0.05) is 42.1 Å². The van der Waals surface area contributed by atoms with Crippen LogP contribution in [0.1, 0.15) is 34.1 Å². The van der Waals surface area contributed by atoms with E-state index >= 15 is 0 Å². The molecule has 1 aliphatic rings. The normalized spacial score (nSPS) is 22.3. The van der Waals surface area contributed by atoms with Crippen LogP contribution in [-0.2, 0) is 10.0 Å². The molecule has 3 rings (SSSR count). The maximum Gasteiger partial charge on any atom is 0.241 e. The molecule has 1 saturated heterocycles. The summed E-state index contributed by atoms with van der Waals surface area (Å²) in [6.45, 7) is 7.51. The SMILES string of the molecule is CN(C)c1cccc2c(S(=O)(=O)N[C@H]3CC(C)(C)N(O)C3(C)C)cccc12. The van der Waals surface area contributed by atoms with Gasteiger partial charge in [0.1, 0.15) is 0 Å². The third-order valence-electron chi connectivity index (χ3n) is 5.60. The first kappa shape index (κ1) is 20.1. The number of nitrogens with one attached hydrogen (secondary N) is 1. The lowest BCUT2D eigenvalue weighted by atomic mass is 9.95. The third-order valence-corrected chi connectivity index (χ3v) is 7.13. The lowest BCUT2D eigenvalue weighted by Crippen LogP contribution is -2.53. The molecular formula is C20H29N3O3S. The summed E-state index contributed by atoms with van der Waals surface area (Å²) in [5, 5.41) is 13.3. The van der Waals surface area contributed by atoms with Crippen molar-refractivity contribution in [1.29, 1.82) is 0 Å². The molecule has 0 amide bonds. The topological polar surface area (TPSA) is 72.9 Å². The molecule has 148 valence electrons. The molecule has 0 bridgehead atoms. The number of benzene rings is 2. The summed E-state index contributed by atoms with van der Waals surface area (Å²) in [5.74, 6) is 0. The summed E-state index contributed by atoms with van der Waals surface area (Å²) in [7, 11) is 0.112. The average Bonchev–Trinajstić information content (AvgIpc) is 2.72. The molecule has 0 unspecified atom stereocenters. The number of nitrogens with zero attached hydrogens (tertiary/aromatic N) is 2. The van der Waals surface area contributed by atoms with Crippen LogP contribution < -0.4 is 9.62 Å². The van der Waals surface area contributed by atoms with Crippen molar-refractivity contribution in [2.24, 2.45) is 0 Å². The quantitative estimate of drug-likeness (QED) is 0.837. The molecule has 0 radical (unpaired) electrons. The van der Waals surface area contributed by atoms with Crippen LogP contribution in [0.3, 0.4) is 0 Å². The number of hydroxylamine groups is 2. The number of hydrogen-bond acceptors (Lipinski definition) is 5. The molecule has 1 atom stereocenters. The number of sulfonamides is 1. The van der Waals surface area contributed by atoms with Crippen molar-refractivity contribution in [1.82, 2.24) is 9.79 Å². The number of hydrogen-bond donors (Lipinski definition) is 2. The van der Waals surface area contributed by atoms with Gasteiger partial charge in [0.2, 0.25) is 10.0 Å². The van der Waals surface area contributed by atoms with Crippen molar-refractivity contribution in [3.05, 3.63) is 36.4 Å². The minimum Gasteiger partial charge on any atom is -0.377 e. The van der Waals surface area contributed by atoms with Gasteiger partial charge in [-0.3, -0.25) is 0 Å². The summed E-state index contributed by atoms with van der Waals surface area (Å²) >= 11 is 0. The summed E-state index contributed by atoms with van der Waals surface area (Å²) in [5.41, 5.74) is -0.253. The molecule has 0 aromatic heterocycles. The Labute approximate surface area is 161 Å². The van der Waals surface area contributed by atoms with Gasteiger partial charge in [-0.05, 0) is 46.2 Å². The van der Waals surface area contributed by atoms with Gasteiger partial charge in [0.25, 0.3) is 0 Å². The lowest BCUT2D eigenvalue weighted by molar-refractivity contribution is -0.193. The highest BCUT2D eigenvalue weighted by Gasteiger charge is 2.52. The van der Waals surface area contributed by atoms with Gasteiger partial charge >= 0.3 is 0 Å². The van der Waals surface area contributed by atoms with E-state index in [1.54, 1.807) is 12.1 Å². The van der Waals surface area contributed by atoms with E-state index in [1.165, 1.54) is 5.06 Å². The molecule has 7 heteroatoms. The van der Waals surface area contributed by atoms with E-state index in [4.69, 9.17) is 0 Å². The van der Waals surface area contributed by atoms with E-state index in [0.717, 1.165) is 11.1 Å². The summed E-state index contributed by atoms with van der Waals surface area (Å²) in [4.78, 5) is 2.23. The Balaban J connectivity index is 2.05. The highest BCUT2D eigenvalue weighted by atomic mass is 32.2. The van der Waals surface area contributed by atoms with E-state index in [-0.39, 0.29) is 4.90 Å². The second kappa shape index (κ2) is 6.44. The predicted octanol–water partition coefficient (Wildman–Crippen LogP) is 3.20. The first-order chi connectivity index (χ1) is 12.4. The number of anilines is 1. The van der Waals surface area contributed by atoms with Crippen LogP contribution in [0.25, 0.3) is 10.8 Å². The second-order valence-electron chi connectivity index (χ2n) is 8.68. The van der Waals surface area contributed by atoms with Crippen molar-refractivity contribution in [3.8, 4) is 0 Å². The smallest absolute Gasteiger partial charge is 0.241 e. The Morgan fingerprint density at radius 1 is 1.07 bits per heavy atom. The summed E-state index contributed by atoms with van der Waals surface area (Å²) in [6, 6.07) is 10.6. The van der Waals surface area contributed by atoms with Crippen molar-refractivity contribution < 1.29 is 13.6 Å². The molecule has 1 heterocycles. The molecule has 2 N–H and O–H groups in total. The second-order valence-corrected chi connectivity index (χ2v) is 10.4. The van der Waals surface area contributed by atoms with E-state index in [9.17, 15) is 13.6 Å². The van der Waals surface area contributed by atoms with Crippen molar-refractivity contribution in [3.63, 3.8) is 0 Å². The predicted molar refractivity (Wildman–Crippen MR) is 109 cm³/mol. The van der Waals surface area contributed by atoms with Crippen molar-refractivity contribution in [2.45, 2.75) is 56.1 Å². The Kier molecular flexibility index (Phi) is 4.79. The van der Waals surface area contributed by atoms with Crippen LogP contribution in [-0.4, -0.2) is 49.9 Å².